The van der Waals surface area contributed by atoms with Crippen molar-refractivity contribution in [2.24, 2.45) is 0 Å². The molecule has 1 aliphatic heterocycles. The first kappa shape index (κ1) is 21.1. The van der Waals surface area contributed by atoms with Gasteiger partial charge in [0.15, 0.2) is 22.6 Å². The second-order valence-electron chi connectivity index (χ2n) is 7.24. The number of esters is 1. The largest absolute Gasteiger partial charge is 0.448 e. The zero-order chi connectivity index (χ0) is 21.6. The zero-order valence-corrected chi connectivity index (χ0v) is 18.0. The topological polar surface area (TPSA) is 88.5 Å². The van der Waals surface area contributed by atoms with Crippen LogP contribution in [0.25, 0.3) is 10.8 Å². The van der Waals surface area contributed by atoms with Gasteiger partial charge in [0.05, 0.1) is 0 Å². The van der Waals surface area contributed by atoms with Crippen molar-refractivity contribution in [3.05, 3.63) is 65.4 Å². The molecule has 9 heteroatoms. The van der Waals surface area contributed by atoms with Crippen molar-refractivity contribution in [2.45, 2.75) is 19.6 Å². The maximum absolute atomic E-state index is 12.7. The molecule has 0 spiro atoms. The SMILES string of the molecule is CC(OC(=O)c1csc(-c2ncccn2)n1)C(=O)N1CCN(Cc2ccccc2)CC1. The van der Waals surface area contributed by atoms with Gasteiger partial charge in [-0.15, -0.1) is 11.3 Å². The van der Waals surface area contributed by atoms with E-state index in [2.05, 4.69) is 32.0 Å². The molecule has 0 radical (unpaired) electrons. The van der Waals surface area contributed by atoms with Gasteiger partial charge in [0.2, 0.25) is 0 Å². The quantitative estimate of drug-likeness (QED) is 0.548. The van der Waals surface area contributed by atoms with Gasteiger partial charge in [-0.1, -0.05) is 30.3 Å². The predicted octanol–water partition coefficient (Wildman–Crippen LogP) is 2.49. The van der Waals surface area contributed by atoms with Crippen molar-refractivity contribution < 1.29 is 14.3 Å². The summed E-state index contributed by atoms with van der Waals surface area (Å²) >= 11 is 1.26. The summed E-state index contributed by atoms with van der Waals surface area (Å²) < 4.78 is 5.38. The van der Waals surface area contributed by atoms with Gasteiger partial charge in [-0.25, -0.2) is 19.7 Å². The van der Waals surface area contributed by atoms with Gasteiger partial charge < -0.3 is 9.64 Å². The number of ether oxygens (including phenoxy) is 1. The third-order valence-corrected chi connectivity index (χ3v) is 5.87. The fraction of sp³-hybridized carbons (Fsp3) is 0.318. The molecule has 160 valence electrons. The lowest BCUT2D eigenvalue weighted by molar-refractivity contribution is -0.141. The summed E-state index contributed by atoms with van der Waals surface area (Å²) in [6.45, 7) is 5.26. The van der Waals surface area contributed by atoms with Gasteiger partial charge in [-0.2, -0.15) is 0 Å². The van der Waals surface area contributed by atoms with Gasteiger partial charge in [0.25, 0.3) is 5.91 Å². The van der Waals surface area contributed by atoms with Crippen LogP contribution in [0.15, 0.2) is 54.2 Å². The van der Waals surface area contributed by atoms with Gasteiger partial charge in [-0.05, 0) is 18.6 Å². The van der Waals surface area contributed by atoms with Crippen LogP contribution in [0.5, 0.6) is 0 Å². The van der Waals surface area contributed by atoms with E-state index < -0.39 is 12.1 Å². The van der Waals surface area contributed by atoms with Crippen LogP contribution < -0.4 is 0 Å². The Morgan fingerprint density at radius 2 is 1.77 bits per heavy atom. The molecule has 1 amide bonds. The van der Waals surface area contributed by atoms with E-state index in [1.807, 2.05) is 18.2 Å². The van der Waals surface area contributed by atoms with Crippen molar-refractivity contribution in [1.82, 2.24) is 24.8 Å². The zero-order valence-electron chi connectivity index (χ0n) is 17.2. The molecular weight excluding hydrogens is 414 g/mol. The highest BCUT2D eigenvalue weighted by atomic mass is 32.1. The van der Waals surface area contributed by atoms with Crippen LogP contribution in [0.4, 0.5) is 0 Å². The summed E-state index contributed by atoms with van der Waals surface area (Å²) in [7, 11) is 0. The Balaban J connectivity index is 1.28. The van der Waals surface area contributed by atoms with Crippen LogP contribution in [0.3, 0.4) is 0 Å². The molecule has 3 heterocycles. The van der Waals surface area contributed by atoms with Crippen molar-refractivity contribution >= 4 is 23.2 Å². The van der Waals surface area contributed by atoms with Crippen molar-refractivity contribution in [3.63, 3.8) is 0 Å². The first-order valence-corrected chi connectivity index (χ1v) is 11.0. The molecule has 1 fully saturated rings. The molecule has 3 aromatic rings. The van der Waals surface area contributed by atoms with Crippen molar-refractivity contribution in [1.29, 1.82) is 0 Å². The Hall–Kier alpha value is -3.17. The molecule has 8 nitrogen and oxygen atoms in total. The molecule has 0 bridgehead atoms. The molecule has 0 saturated carbocycles. The number of aromatic nitrogens is 3. The highest BCUT2D eigenvalue weighted by molar-refractivity contribution is 7.13. The molecule has 1 unspecified atom stereocenters. The number of carbonyl (C=O) groups is 2. The van der Waals surface area contributed by atoms with E-state index in [0.717, 1.165) is 19.6 Å². The Morgan fingerprint density at radius 1 is 1.06 bits per heavy atom. The Kier molecular flexibility index (Phi) is 6.63. The number of hydrogen-bond donors (Lipinski definition) is 0. The molecule has 0 aliphatic carbocycles. The summed E-state index contributed by atoms with van der Waals surface area (Å²) in [5.41, 5.74) is 1.41. The standard InChI is InChI=1S/C22H23N5O3S/c1-16(30-22(29)18-15-31-20(25-18)19-23-8-5-9-24-19)21(28)27-12-10-26(11-13-27)14-17-6-3-2-4-7-17/h2-9,15-16H,10-14H2,1H3. The van der Waals surface area contributed by atoms with Crippen LogP contribution in [0.2, 0.25) is 0 Å². The van der Waals surface area contributed by atoms with E-state index in [0.29, 0.717) is 23.9 Å². The molecule has 2 aromatic heterocycles. The minimum absolute atomic E-state index is 0.153. The lowest BCUT2D eigenvalue weighted by Crippen LogP contribution is -2.51. The normalized spacial score (nSPS) is 15.5. The number of rotatable bonds is 6. The Labute approximate surface area is 184 Å². The summed E-state index contributed by atoms with van der Waals surface area (Å²) in [5.74, 6) is -0.361. The van der Waals surface area contributed by atoms with Crippen molar-refractivity contribution in [2.75, 3.05) is 26.2 Å². The molecule has 31 heavy (non-hydrogen) atoms. The van der Waals surface area contributed by atoms with E-state index in [4.69, 9.17) is 4.74 Å². The van der Waals surface area contributed by atoms with E-state index in [-0.39, 0.29) is 11.6 Å². The van der Waals surface area contributed by atoms with Gasteiger partial charge in [0, 0.05) is 50.5 Å². The van der Waals surface area contributed by atoms with Crippen LogP contribution in [0.1, 0.15) is 23.0 Å². The summed E-state index contributed by atoms with van der Waals surface area (Å²) in [4.78, 5) is 41.8. The fourth-order valence-electron chi connectivity index (χ4n) is 3.38. The van der Waals surface area contributed by atoms with E-state index >= 15 is 0 Å². The molecule has 0 N–H and O–H groups in total. The minimum atomic E-state index is -0.869. The number of amides is 1. The van der Waals surface area contributed by atoms with Crippen LogP contribution >= 0.6 is 11.3 Å². The van der Waals surface area contributed by atoms with Gasteiger partial charge >= 0.3 is 5.97 Å². The van der Waals surface area contributed by atoms with E-state index in [1.54, 1.807) is 35.7 Å². The Bertz CT molecular complexity index is 1020. The molecule has 1 aliphatic rings. The average molecular weight is 438 g/mol. The Morgan fingerprint density at radius 3 is 2.48 bits per heavy atom. The monoisotopic (exact) mass is 437 g/mol. The third kappa shape index (κ3) is 5.31. The summed E-state index contributed by atoms with van der Waals surface area (Å²) in [5, 5.41) is 2.12. The number of hydrogen-bond acceptors (Lipinski definition) is 8. The molecule has 1 atom stereocenters. The highest BCUT2D eigenvalue weighted by Gasteiger charge is 2.28. The first-order chi connectivity index (χ1) is 15.1. The van der Waals surface area contributed by atoms with Crippen LogP contribution in [-0.2, 0) is 16.1 Å². The van der Waals surface area contributed by atoms with E-state index in [1.165, 1.54) is 16.9 Å². The predicted molar refractivity (Wildman–Crippen MR) is 116 cm³/mol. The smallest absolute Gasteiger partial charge is 0.358 e. The second-order valence-corrected chi connectivity index (χ2v) is 8.10. The van der Waals surface area contributed by atoms with Crippen LogP contribution in [0, 0.1) is 0 Å². The third-order valence-electron chi connectivity index (χ3n) is 5.03. The number of nitrogens with zero attached hydrogens (tertiary/aromatic N) is 5. The number of thiazole rings is 1. The van der Waals surface area contributed by atoms with Gasteiger partial charge in [-0.3, -0.25) is 9.69 Å². The van der Waals surface area contributed by atoms with Gasteiger partial charge in [0.1, 0.15) is 0 Å². The number of benzene rings is 1. The molecule has 1 saturated heterocycles. The highest BCUT2D eigenvalue weighted by Crippen LogP contribution is 2.20. The fourth-order valence-corrected chi connectivity index (χ4v) is 4.11. The first-order valence-electron chi connectivity index (χ1n) is 10.1. The minimum Gasteiger partial charge on any atom is -0.448 e. The van der Waals surface area contributed by atoms with E-state index in [9.17, 15) is 9.59 Å². The summed E-state index contributed by atoms with van der Waals surface area (Å²) in [6, 6.07) is 12.0. The van der Waals surface area contributed by atoms with Crippen LogP contribution in [-0.4, -0.2) is 68.9 Å². The summed E-state index contributed by atoms with van der Waals surface area (Å²) in [6.07, 6.45) is 2.36. The maximum atomic E-state index is 12.7. The number of carbonyl (C=O) groups excluding carboxylic acids is 2. The maximum Gasteiger partial charge on any atom is 0.358 e. The molecule has 1 aromatic carbocycles. The molecular formula is C22H23N5O3S. The lowest BCUT2D eigenvalue weighted by Gasteiger charge is -2.35. The number of piperazine rings is 1. The second kappa shape index (κ2) is 9.76. The molecule has 4 rings (SSSR count). The average Bonchev–Trinajstić information content (AvgIpc) is 3.31. The lowest BCUT2D eigenvalue weighted by atomic mass is 10.2. The van der Waals surface area contributed by atoms with Crippen molar-refractivity contribution in [3.8, 4) is 10.8 Å².